The third kappa shape index (κ3) is 0.630. The van der Waals surface area contributed by atoms with Crippen LogP contribution in [0.25, 0.3) is 0 Å². The quantitative estimate of drug-likeness (QED) is 0.409. The van der Waals surface area contributed by atoms with Crippen molar-refractivity contribution in [3.8, 4) is 0 Å². The van der Waals surface area contributed by atoms with Gasteiger partial charge in [0.05, 0.1) is 0 Å². The van der Waals surface area contributed by atoms with E-state index in [1.54, 1.807) is 0 Å². The minimum absolute atomic E-state index is 0.0405. The Hall–Kier alpha value is -0.960. The third-order valence-corrected chi connectivity index (χ3v) is 4.17. The first-order valence-electron chi connectivity index (χ1n) is 5.18. The molecule has 0 radical (unpaired) electrons. The maximum atomic E-state index is 11.9. The van der Waals surface area contributed by atoms with Crippen molar-refractivity contribution < 1.29 is 14.3 Å². The molecule has 0 aromatic rings. The zero-order chi connectivity index (χ0) is 9.45. The molecule has 2 saturated carbocycles. The van der Waals surface area contributed by atoms with Gasteiger partial charge in [-0.3, -0.25) is 9.59 Å². The lowest BCUT2D eigenvalue weighted by molar-refractivity contribution is -0.135. The van der Waals surface area contributed by atoms with Crippen molar-refractivity contribution in [2.45, 2.75) is 18.6 Å². The van der Waals surface area contributed by atoms with Crippen LogP contribution in [-0.4, -0.2) is 23.8 Å². The van der Waals surface area contributed by atoms with Gasteiger partial charge in [0.15, 0.2) is 23.8 Å². The summed E-state index contributed by atoms with van der Waals surface area (Å²) in [7, 11) is 0. The number of hydrogen-bond acceptors (Lipinski definition) is 3. The van der Waals surface area contributed by atoms with Crippen molar-refractivity contribution in [3.05, 3.63) is 12.2 Å². The predicted molar refractivity (Wildman–Crippen MR) is 46.4 cm³/mol. The molecule has 3 heteroatoms. The van der Waals surface area contributed by atoms with Gasteiger partial charge in [0.2, 0.25) is 0 Å². The van der Waals surface area contributed by atoms with Crippen LogP contribution in [0.15, 0.2) is 12.2 Å². The number of ether oxygens (including phenoxy) is 1. The highest BCUT2D eigenvalue weighted by molar-refractivity contribution is 6.06. The largest absolute Gasteiger partial charge is 0.353 e. The second-order valence-electron chi connectivity index (χ2n) is 4.78. The number of hydrogen-bond donors (Lipinski definition) is 0. The Labute approximate surface area is 81.1 Å². The molecule has 0 amide bonds. The zero-order valence-electron chi connectivity index (χ0n) is 7.55. The highest BCUT2D eigenvalue weighted by Crippen LogP contribution is 2.54. The molecule has 0 aromatic carbocycles. The van der Waals surface area contributed by atoms with E-state index >= 15 is 0 Å². The smallest absolute Gasteiger partial charge is 0.169 e. The van der Waals surface area contributed by atoms with Crippen molar-refractivity contribution in [3.63, 3.8) is 0 Å². The van der Waals surface area contributed by atoms with Crippen molar-refractivity contribution in [1.82, 2.24) is 0 Å². The Kier molecular flexibility index (Phi) is 1.05. The van der Waals surface area contributed by atoms with E-state index in [0.717, 1.165) is 6.42 Å². The first-order chi connectivity index (χ1) is 6.77. The van der Waals surface area contributed by atoms with Crippen LogP contribution in [0.4, 0.5) is 0 Å². The molecule has 0 N–H and O–H groups in total. The Balaban J connectivity index is 1.84. The molecule has 0 aromatic heterocycles. The summed E-state index contributed by atoms with van der Waals surface area (Å²) >= 11 is 0. The Morgan fingerprint density at radius 1 is 1.00 bits per heavy atom. The average Bonchev–Trinajstić information content (AvgIpc) is 2.74. The molecule has 0 spiro atoms. The fraction of sp³-hybridized carbons (Fsp3) is 0.636. The highest BCUT2D eigenvalue weighted by Gasteiger charge is 2.66. The van der Waals surface area contributed by atoms with E-state index in [9.17, 15) is 9.59 Å². The molecule has 72 valence electrons. The van der Waals surface area contributed by atoms with E-state index in [0.29, 0.717) is 11.8 Å². The van der Waals surface area contributed by atoms with Gasteiger partial charge in [-0.2, -0.15) is 0 Å². The van der Waals surface area contributed by atoms with Crippen LogP contribution in [0.5, 0.6) is 0 Å². The topological polar surface area (TPSA) is 46.7 Å². The number of epoxide rings is 1. The van der Waals surface area contributed by atoms with Gasteiger partial charge in [0.25, 0.3) is 0 Å². The molecular weight excluding hydrogens is 180 g/mol. The molecule has 3 aliphatic carbocycles. The number of Topliss-reactive ketones (excluding diaryl/α,β-unsaturated/α-hetero) is 2. The fourth-order valence-electron chi connectivity index (χ4n) is 3.52. The second kappa shape index (κ2) is 2.01. The van der Waals surface area contributed by atoms with E-state index in [2.05, 4.69) is 12.2 Å². The van der Waals surface area contributed by atoms with Crippen LogP contribution in [0.2, 0.25) is 0 Å². The number of allylic oxidation sites excluding steroid dienone is 2. The number of fused-ring (bicyclic) bond motifs is 6. The maximum Gasteiger partial charge on any atom is 0.169 e. The lowest BCUT2D eigenvalue weighted by atomic mass is 9.72. The minimum Gasteiger partial charge on any atom is -0.353 e. The maximum absolute atomic E-state index is 11.9. The molecule has 4 aliphatic rings. The van der Waals surface area contributed by atoms with E-state index in [1.807, 2.05) is 0 Å². The summed E-state index contributed by atoms with van der Waals surface area (Å²) in [5.74, 6) is 0.952. The van der Waals surface area contributed by atoms with Crippen molar-refractivity contribution >= 4 is 11.6 Å². The molecule has 3 nitrogen and oxygen atoms in total. The van der Waals surface area contributed by atoms with Crippen LogP contribution in [0, 0.1) is 23.7 Å². The van der Waals surface area contributed by atoms with Crippen LogP contribution in [0.1, 0.15) is 6.42 Å². The molecule has 2 bridgehead atoms. The predicted octanol–water partition coefficient (Wildman–Crippen LogP) is 0.344. The average molecular weight is 190 g/mol. The summed E-state index contributed by atoms with van der Waals surface area (Å²) in [5.41, 5.74) is 0. The SMILES string of the molecule is O=C1[C@H]2[C@H](C(=O)[C@@H]3O[C@H]13)[C@H]1C=C[C@H]2C1. The Morgan fingerprint density at radius 3 is 2.00 bits per heavy atom. The molecule has 0 unspecified atom stereocenters. The standard InChI is InChI=1S/C11H10O3/c12-8-6-4-1-2-5(3-4)7(6)9(13)11-10(8)14-11/h1-2,4-7,10-11H,3H2/t4-,5-,6+,7+,10-,11+/m0/s1. The van der Waals surface area contributed by atoms with E-state index in [-0.39, 0.29) is 35.6 Å². The first-order valence-corrected chi connectivity index (χ1v) is 5.18. The lowest BCUT2D eigenvalue weighted by Crippen LogP contribution is -2.43. The Morgan fingerprint density at radius 2 is 1.50 bits per heavy atom. The number of carbonyl (C=O) groups excluding carboxylic acids is 2. The van der Waals surface area contributed by atoms with E-state index < -0.39 is 0 Å². The number of rotatable bonds is 0. The van der Waals surface area contributed by atoms with Gasteiger partial charge < -0.3 is 4.74 Å². The summed E-state index contributed by atoms with van der Waals surface area (Å²) in [6.45, 7) is 0. The van der Waals surface area contributed by atoms with Crippen LogP contribution >= 0.6 is 0 Å². The number of carbonyl (C=O) groups is 2. The van der Waals surface area contributed by atoms with Crippen LogP contribution < -0.4 is 0 Å². The summed E-state index contributed by atoms with van der Waals surface area (Å²) in [4.78, 5) is 23.7. The minimum atomic E-state index is -0.364. The van der Waals surface area contributed by atoms with Gasteiger partial charge in [0, 0.05) is 11.8 Å². The van der Waals surface area contributed by atoms with Gasteiger partial charge in [-0.05, 0) is 18.3 Å². The normalized spacial score (nSPS) is 57.4. The van der Waals surface area contributed by atoms with Crippen molar-refractivity contribution in [1.29, 1.82) is 0 Å². The lowest BCUT2D eigenvalue weighted by Gasteiger charge is -2.27. The molecule has 14 heavy (non-hydrogen) atoms. The van der Waals surface area contributed by atoms with E-state index in [1.165, 1.54) is 0 Å². The molecule has 3 fully saturated rings. The third-order valence-electron chi connectivity index (χ3n) is 4.17. The summed E-state index contributed by atoms with van der Waals surface area (Å²) in [6, 6.07) is 0. The van der Waals surface area contributed by atoms with Crippen molar-refractivity contribution in [2.24, 2.45) is 23.7 Å². The molecule has 4 rings (SSSR count). The van der Waals surface area contributed by atoms with Crippen LogP contribution in [0.3, 0.4) is 0 Å². The summed E-state index contributed by atoms with van der Waals surface area (Å²) in [5, 5.41) is 0. The zero-order valence-corrected chi connectivity index (χ0v) is 7.55. The highest BCUT2D eigenvalue weighted by atomic mass is 16.6. The van der Waals surface area contributed by atoms with Gasteiger partial charge >= 0.3 is 0 Å². The summed E-state index contributed by atoms with van der Waals surface area (Å²) < 4.78 is 5.14. The van der Waals surface area contributed by atoms with E-state index in [4.69, 9.17) is 4.74 Å². The summed E-state index contributed by atoms with van der Waals surface area (Å²) in [6.07, 6.45) is 4.50. The van der Waals surface area contributed by atoms with Gasteiger partial charge in [-0.1, -0.05) is 12.2 Å². The van der Waals surface area contributed by atoms with Gasteiger partial charge in [-0.15, -0.1) is 0 Å². The molecule has 1 saturated heterocycles. The second-order valence-corrected chi connectivity index (χ2v) is 4.78. The number of ketones is 2. The van der Waals surface area contributed by atoms with Crippen LogP contribution in [-0.2, 0) is 14.3 Å². The fourth-order valence-corrected chi connectivity index (χ4v) is 3.52. The van der Waals surface area contributed by atoms with Gasteiger partial charge in [0.1, 0.15) is 0 Å². The van der Waals surface area contributed by atoms with Crippen molar-refractivity contribution in [2.75, 3.05) is 0 Å². The molecular formula is C11H10O3. The molecule has 1 heterocycles. The monoisotopic (exact) mass is 190 g/mol. The molecule has 1 aliphatic heterocycles. The molecule has 6 atom stereocenters. The first kappa shape index (κ1) is 7.35. The Bertz CT molecular complexity index is 350. The van der Waals surface area contributed by atoms with Gasteiger partial charge in [-0.25, -0.2) is 0 Å².